The number of rotatable bonds is 5. The number of carbonyl (C=O) groups is 1. The van der Waals surface area contributed by atoms with Gasteiger partial charge in [-0.1, -0.05) is 11.6 Å². The minimum Gasteiger partial charge on any atom is -0.465 e. The third-order valence-corrected chi connectivity index (χ3v) is 3.73. The second-order valence-corrected chi connectivity index (χ2v) is 5.69. The number of halogens is 4. The summed E-state index contributed by atoms with van der Waals surface area (Å²) in [4.78, 5) is 14.6. The number of hydrogen-bond acceptors (Lipinski definition) is 4. The zero-order valence-electron chi connectivity index (χ0n) is 13.2. The molecule has 0 spiro atoms. The van der Waals surface area contributed by atoms with Crippen LogP contribution in [0.25, 0.3) is 0 Å². The average Bonchev–Trinajstić information content (AvgIpc) is 2.53. The lowest BCUT2D eigenvalue weighted by molar-refractivity contribution is 0.189. The zero-order chi connectivity index (χ0) is 19.4. The Morgan fingerprint density at radius 2 is 1.88 bits per heavy atom. The van der Waals surface area contributed by atoms with Crippen molar-refractivity contribution in [3.05, 3.63) is 58.0 Å². The molecule has 3 N–H and O–H groups in total. The maximum atomic E-state index is 14.2. The zero-order valence-corrected chi connectivity index (χ0v) is 14.0. The highest BCUT2D eigenvalue weighted by molar-refractivity contribution is 6.30. The average molecular weight is 385 g/mol. The summed E-state index contributed by atoms with van der Waals surface area (Å²) >= 11 is 5.78. The molecular formula is C16H12ClF3N4O2. The van der Waals surface area contributed by atoms with Crippen molar-refractivity contribution in [2.45, 2.75) is 19.0 Å². The van der Waals surface area contributed by atoms with Crippen LogP contribution in [-0.2, 0) is 0 Å². The van der Waals surface area contributed by atoms with E-state index in [0.717, 1.165) is 18.2 Å². The Balaban J connectivity index is 2.46. The minimum atomic E-state index is -1.38. The van der Waals surface area contributed by atoms with Crippen LogP contribution >= 0.6 is 11.6 Å². The molecule has 0 aliphatic rings. The van der Waals surface area contributed by atoms with Crippen molar-refractivity contribution in [3.63, 3.8) is 0 Å². The third-order valence-electron chi connectivity index (χ3n) is 3.44. The van der Waals surface area contributed by atoms with Crippen LogP contribution in [0.3, 0.4) is 0 Å². The molecule has 2 aromatic rings. The molecule has 1 amide bonds. The van der Waals surface area contributed by atoms with Crippen LogP contribution in [0.4, 0.5) is 23.8 Å². The van der Waals surface area contributed by atoms with Crippen molar-refractivity contribution in [2.75, 3.05) is 5.32 Å². The van der Waals surface area contributed by atoms with Gasteiger partial charge >= 0.3 is 6.09 Å². The molecule has 0 bridgehead atoms. The quantitative estimate of drug-likeness (QED) is 0.680. The molecule has 0 saturated carbocycles. The van der Waals surface area contributed by atoms with Gasteiger partial charge in [0, 0.05) is 6.07 Å². The molecule has 1 aromatic carbocycles. The van der Waals surface area contributed by atoms with E-state index in [-0.39, 0.29) is 16.3 Å². The van der Waals surface area contributed by atoms with Crippen LogP contribution in [0, 0.1) is 28.8 Å². The van der Waals surface area contributed by atoms with Crippen LogP contribution in [0.2, 0.25) is 5.15 Å². The van der Waals surface area contributed by atoms with Gasteiger partial charge in [-0.25, -0.2) is 22.9 Å². The van der Waals surface area contributed by atoms with Crippen molar-refractivity contribution in [2.24, 2.45) is 0 Å². The number of amides is 1. The Hall–Kier alpha value is -2.99. The van der Waals surface area contributed by atoms with Crippen LogP contribution in [0.15, 0.2) is 24.3 Å². The van der Waals surface area contributed by atoms with E-state index in [1.54, 1.807) is 6.07 Å². The minimum absolute atomic E-state index is 0.0189. The summed E-state index contributed by atoms with van der Waals surface area (Å²) in [5.74, 6) is -3.11. The molecule has 10 heteroatoms. The van der Waals surface area contributed by atoms with E-state index in [4.69, 9.17) is 22.0 Å². The Morgan fingerprint density at radius 3 is 2.42 bits per heavy atom. The molecule has 0 saturated heterocycles. The maximum Gasteiger partial charge on any atom is 0.404 e. The first-order valence-electron chi connectivity index (χ1n) is 7.19. The number of carboxylic acid groups (broad SMARTS) is 1. The van der Waals surface area contributed by atoms with Crippen molar-refractivity contribution < 1.29 is 23.1 Å². The van der Waals surface area contributed by atoms with E-state index in [9.17, 15) is 18.0 Å². The summed E-state index contributed by atoms with van der Waals surface area (Å²) in [6, 6.07) is 3.09. The fraction of sp³-hybridized carbons (Fsp3) is 0.188. The van der Waals surface area contributed by atoms with Crippen molar-refractivity contribution in [1.29, 1.82) is 5.26 Å². The molecule has 0 radical (unpaired) electrons. The van der Waals surface area contributed by atoms with Crippen molar-refractivity contribution in [3.8, 4) is 6.07 Å². The molecule has 1 aromatic heterocycles. The number of benzene rings is 1. The van der Waals surface area contributed by atoms with Crippen LogP contribution in [0.5, 0.6) is 0 Å². The molecule has 0 unspecified atom stereocenters. The van der Waals surface area contributed by atoms with E-state index in [0.29, 0.717) is 6.07 Å². The van der Waals surface area contributed by atoms with Crippen LogP contribution < -0.4 is 10.6 Å². The Kier molecular flexibility index (Phi) is 5.90. The fourth-order valence-corrected chi connectivity index (χ4v) is 2.50. The van der Waals surface area contributed by atoms with Gasteiger partial charge in [-0.2, -0.15) is 5.26 Å². The number of nitrogens with zero attached hydrogens (tertiary/aromatic N) is 2. The Morgan fingerprint density at radius 1 is 1.27 bits per heavy atom. The summed E-state index contributed by atoms with van der Waals surface area (Å²) in [5, 5.41) is 22.1. The predicted octanol–water partition coefficient (Wildman–Crippen LogP) is 3.83. The number of pyridine rings is 1. The first-order valence-corrected chi connectivity index (χ1v) is 7.57. The smallest absolute Gasteiger partial charge is 0.404 e. The topological polar surface area (TPSA) is 98.0 Å². The molecule has 1 heterocycles. The molecule has 0 aliphatic carbocycles. The van der Waals surface area contributed by atoms with E-state index < -0.39 is 41.4 Å². The number of hydrogen-bond donors (Lipinski definition) is 3. The lowest BCUT2D eigenvalue weighted by Crippen LogP contribution is -2.39. The SMILES string of the molecule is C[C@H](NC(=O)O)[C@H](Nc1nc(Cl)c(C#N)cc1F)c1cc(F)cc(F)c1. The molecule has 136 valence electrons. The Bertz CT molecular complexity index is 868. The summed E-state index contributed by atoms with van der Waals surface area (Å²) in [6.07, 6.45) is -1.38. The monoisotopic (exact) mass is 384 g/mol. The van der Waals surface area contributed by atoms with E-state index in [2.05, 4.69) is 15.6 Å². The summed E-state index contributed by atoms with van der Waals surface area (Å²) in [6.45, 7) is 1.41. The van der Waals surface area contributed by atoms with Crippen LogP contribution in [-0.4, -0.2) is 22.2 Å². The Labute approximate surface area is 151 Å². The van der Waals surface area contributed by atoms with Crippen LogP contribution in [0.1, 0.15) is 24.1 Å². The molecule has 26 heavy (non-hydrogen) atoms. The molecule has 2 atom stereocenters. The van der Waals surface area contributed by atoms with Crippen molar-refractivity contribution >= 4 is 23.5 Å². The number of nitriles is 1. The van der Waals surface area contributed by atoms with Gasteiger partial charge in [-0.15, -0.1) is 0 Å². The first-order chi connectivity index (χ1) is 12.2. The lowest BCUT2D eigenvalue weighted by Gasteiger charge is -2.26. The molecule has 0 aliphatic heterocycles. The second-order valence-electron chi connectivity index (χ2n) is 5.33. The predicted molar refractivity (Wildman–Crippen MR) is 87.3 cm³/mol. The molecule has 0 fully saturated rings. The lowest BCUT2D eigenvalue weighted by atomic mass is 10.00. The summed E-state index contributed by atoms with van der Waals surface area (Å²) < 4.78 is 41.2. The van der Waals surface area contributed by atoms with Gasteiger partial charge in [0.1, 0.15) is 22.9 Å². The van der Waals surface area contributed by atoms with E-state index >= 15 is 0 Å². The van der Waals surface area contributed by atoms with E-state index in [1.807, 2.05) is 0 Å². The van der Waals surface area contributed by atoms with Gasteiger partial charge in [0.15, 0.2) is 11.6 Å². The highest BCUT2D eigenvalue weighted by Crippen LogP contribution is 2.27. The van der Waals surface area contributed by atoms with E-state index in [1.165, 1.54) is 6.92 Å². The van der Waals surface area contributed by atoms with Gasteiger partial charge in [0.2, 0.25) is 0 Å². The van der Waals surface area contributed by atoms with Gasteiger partial charge in [-0.3, -0.25) is 0 Å². The number of anilines is 1. The largest absolute Gasteiger partial charge is 0.465 e. The molecule has 2 rings (SSSR count). The third kappa shape index (κ3) is 4.55. The maximum absolute atomic E-state index is 14.2. The standard InChI is InChI=1S/C16H12ClF3N4O2/c1-7(22-16(25)26)13(8-2-10(18)5-11(19)3-8)23-15-12(20)4-9(6-21)14(17)24-15/h2-5,7,13,22H,1H3,(H,23,24)(H,25,26)/t7-,13-/m0/s1. The fourth-order valence-electron chi connectivity index (χ4n) is 2.32. The van der Waals surface area contributed by atoms with Gasteiger partial charge in [0.25, 0.3) is 0 Å². The second kappa shape index (κ2) is 7.93. The van der Waals surface area contributed by atoms with Crippen molar-refractivity contribution in [1.82, 2.24) is 10.3 Å². The molecule has 6 nitrogen and oxygen atoms in total. The number of nitrogens with one attached hydrogen (secondary N) is 2. The normalized spacial score (nSPS) is 12.8. The highest BCUT2D eigenvalue weighted by Gasteiger charge is 2.24. The van der Waals surface area contributed by atoms with Gasteiger partial charge in [0.05, 0.1) is 17.6 Å². The van der Waals surface area contributed by atoms with Gasteiger partial charge in [-0.05, 0) is 30.7 Å². The van der Waals surface area contributed by atoms with Gasteiger partial charge < -0.3 is 15.7 Å². The number of aromatic nitrogens is 1. The summed E-state index contributed by atoms with van der Waals surface area (Å²) in [7, 11) is 0. The summed E-state index contributed by atoms with van der Waals surface area (Å²) in [5.41, 5.74) is -0.176. The highest BCUT2D eigenvalue weighted by atomic mass is 35.5. The first kappa shape index (κ1) is 19.3. The molecular weight excluding hydrogens is 373 g/mol.